The standard InChI is InChI=1S/C11H15F3N2O3S/c1-6-3-8(15)9(4-7(6)2)20(18,19)16-5-10(17)11(12,13)14/h3-4,10,16-17H,5,15H2,1-2H3. The van der Waals surface area contributed by atoms with Crippen molar-refractivity contribution in [3.8, 4) is 0 Å². The van der Waals surface area contributed by atoms with E-state index in [9.17, 15) is 21.6 Å². The molecule has 1 atom stereocenters. The zero-order valence-corrected chi connectivity index (χ0v) is 11.6. The predicted octanol–water partition coefficient (Wildman–Crippen LogP) is 1.09. The first kappa shape index (κ1) is 16.7. The average molecular weight is 312 g/mol. The number of aryl methyl sites for hydroxylation is 2. The minimum Gasteiger partial charge on any atom is -0.398 e. The Morgan fingerprint density at radius 3 is 2.30 bits per heavy atom. The lowest BCUT2D eigenvalue weighted by Gasteiger charge is -2.16. The van der Waals surface area contributed by atoms with Crippen LogP contribution in [0.1, 0.15) is 11.1 Å². The molecule has 0 spiro atoms. The first-order chi connectivity index (χ1) is 8.95. The van der Waals surface area contributed by atoms with Gasteiger partial charge in [0.2, 0.25) is 10.0 Å². The summed E-state index contributed by atoms with van der Waals surface area (Å²) < 4.78 is 61.8. The van der Waals surface area contributed by atoms with Crippen LogP contribution in [-0.2, 0) is 10.0 Å². The van der Waals surface area contributed by atoms with E-state index in [1.807, 2.05) is 0 Å². The van der Waals surface area contributed by atoms with Gasteiger partial charge in [-0.15, -0.1) is 0 Å². The molecule has 0 fully saturated rings. The van der Waals surface area contributed by atoms with Crippen LogP contribution in [-0.4, -0.2) is 32.3 Å². The molecule has 0 aliphatic carbocycles. The van der Waals surface area contributed by atoms with E-state index in [1.165, 1.54) is 12.1 Å². The van der Waals surface area contributed by atoms with E-state index >= 15 is 0 Å². The van der Waals surface area contributed by atoms with E-state index in [2.05, 4.69) is 0 Å². The Kier molecular flexibility index (Phi) is 4.67. The highest BCUT2D eigenvalue weighted by molar-refractivity contribution is 7.89. The quantitative estimate of drug-likeness (QED) is 0.726. The fraction of sp³-hybridized carbons (Fsp3) is 0.455. The van der Waals surface area contributed by atoms with Crippen molar-refractivity contribution in [3.63, 3.8) is 0 Å². The minimum atomic E-state index is -4.89. The Bertz CT molecular complexity index is 600. The summed E-state index contributed by atoms with van der Waals surface area (Å²) in [6.45, 7) is 2.21. The van der Waals surface area contributed by atoms with Crippen LogP contribution in [0.5, 0.6) is 0 Å². The van der Waals surface area contributed by atoms with Crippen LogP contribution < -0.4 is 10.5 Å². The van der Waals surface area contributed by atoms with Crippen LogP contribution in [0.2, 0.25) is 0 Å². The van der Waals surface area contributed by atoms with Gasteiger partial charge in [-0.25, -0.2) is 13.1 Å². The molecule has 20 heavy (non-hydrogen) atoms. The largest absolute Gasteiger partial charge is 0.415 e. The third kappa shape index (κ3) is 3.84. The second-order valence-corrected chi connectivity index (χ2v) is 6.12. The van der Waals surface area contributed by atoms with Gasteiger partial charge < -0.3 is 10.8 Å². The lowest BCUT2D eigenvalue weighted by atomic mass is 10.1. The molecule has 114 valence electrons. The summed E-state index contributed by atoms with van der Waals surface area (Å²) in [6, 6.07) is 2.69. The lowest BCUT2D eigenvalue weighted by Crippen LogP contribution is -2.40. The lowest BCUT2D eigenvalue weighted by molar-refractivity contribution is -0.200. The highest BCUT2D eigenvalue weighted by atomic mass is 32.2. The molecule has 0 saturated heterocycles. The number of nitrogens with two attached hydrogens (primary N) is 1. The van der Waals surface area contributed by atoms with Crippen molar-refractivity contribution in [2.75, 3.05) is 12.3 Å². The highest BCUT2D eigenvalue weighted by Gasteiger charge is 2.38. The molecule has 1 aromatic rings. The van der Waals surface area contributed by atoms with Crippen LogP contribution in [0.15, 0.2) is 17.0 Å². The van der Waals surface area contributed by atoms with Gasteiger partial charge in [0.15, 0.2) is 6.10 Å². The number of halogens is 3. The minimum absolute atomic E-state index is 0.0675. The molecule has 5 nitrogen and oxygen atoms in total. The summed E-state index contributed by atoms with van der Waals surface area (Å²) >= 11 is 0. The molecule has 1 aromatic carbocycles. The van der Waals surface area contributed by atoms with Gasteiger partial charge in [0.1, 0.15) is 4.90 Å². The number of anilines is 1. The molecule has 0 aliphatic heterocycles. The zero-order valence-electron chi connectivity index (χ0n) is 10.8. The number of nitrogen functional groups attached to an aromatic ring is 1. The van der Waals surface area contributed by atoms with Crippen LogP contribution in [0.4, 0.5) is 18.9 Å². The number of aliphatic hydroxyl groups is 1. The fourth-order valence-corrected chi connectivity index (χ4v) is 2.66. The number of aliphatic hydroxyl groups excluding tert-OH is 1. The van der Waals surface area contributed by atoms with Crippen LogP contribution >= 0.6 is 0 Å². The molecule has 0 aliphatic rings. The Balaban J connectivity index is 2.98. The monoisotopic (exact) mass is 312 g/mol. The van der Waals surface area contributed by atoms with E-state index in [0.717, 1.165) is 5.56 Å². The second-order valence-electron chi connectivity index (χ2n) is 4.38. The normalized spacial score (nSPS) is 14.3. The van der Waals surface area contributed by atoms with Crippen molar-refractivity contribution in [2.45, 2.75) is 31.0 Å². The summed E-state index contributed by atoms with van der Waals surface area (Å²) in [6.07, 6.45) is -7.66. The van der Waals surface area contributed by atoms with Gasteiger partial charge in [0.05, 0.1) is 5.69 Å². The van der Waals surface area contributed by atoms with E-state index in [-0.39, 0.29) is 10.6 Å². The second kappa shape index (κ2) is 5.58. The number of rotatable bonds is 4. The van der Waals surface area contributed by atoms with E-state index < -0.39 is 28.8 Å². The number of hydrogen-bond donors (Lipinski definition) is 3. The molecule has 1 rings (SSSR count). The maximum absolute atomic E-state index is 12.1. The van der Waals surface area contributed by atoms with E-state index in [0.29, 0.717) is 5.56 Å². The molecular formula is C11H15F3N2O3S. The number of sulfonamides is 1. The van der Waals surface area contributed by atoms with Crippen molar-refractivity contribution in [3.05, 3.63) is 23.3 Å². The average Bonchev–Trinajstić information content (AvgIpc) is 2.29. The van der Waals surface area contributed by atoms with Crippen LogP contribution in [0.3, 0.4) is 0 Å². The first-order valence-corrected chi connectivity index (χ1v) is 7.04. The van der Waals surface area contributed by atoms with Crippen LogP contribution in [0, 0.1) is 13.8 Å². The van der Waals surface area contributed by atoms with Gasteiger partial charge in [-0.05, 0) is 37.1 Å². The van der Waals surface area contributed by atoms with E-state index in [4.69, 9.17) is 10.8 Å². The highest BCUT2D eigenvalue weighted by Crippen LogP contribution is 2.23. The zero-order chi connectivity index (χ0) is 15.7. The predicted molar refractivity (Wildman–Crippen MR) is 67.6 cm³/mol. The Morgan fingerprint density at radius 2 is 1.80 bits per heavy atom. The molecule has 1 unspecified atom stereocenters. The molecule has 4 N–H and O–H groups in total. The van der Waals surface area contributed by atoms with Gasteiger partial charge in [-0.1, -0.05) is 0 Å². The fourth-order valence-electron chi connectivity index (χ4n) is 1.43. The Labute approximate surface area is 114 Å². The number of alkyl halides is 3. The molecule has 0 bridgehead atoms. The molecular weight excluding hydrogens is 297 g/mol. The Morgan fingerprint density at radius 1 is 1.30 bits per heavy atom. The summed E-state index contributed by atoms with van der Waals surface area (Å²) in [5.74, 6) is 0. The van der Waals surface area contributed by atoms with Crippen molar-refractivity contribution in [1.82, 2.24) is 4.72 Å². The van der Waals surface area contributed by atoms with Crippen molar-refractivity contribution < 1.29 is 26.7 Å². The third-order valence-corrected chi connectivity index (χ3v) is 4.24. The topological polar surface area (TPSA) is 92.4 Å². The van der Waals surface area contributed by atoms with Gasteiger partial charge >= 0.3 is 6.18 Å². The van der Waals surface area contributed by atoms with E-state index in [1.54, 1.807) is 18.6 Å². The molecule has 0 aromatic heterocycles. The third-order valence-electron chi connectivity index (χ3n) is 2.76. The number of benzene rings is 1. The molecule has 0 saturated carbocycles. The molecule has 0 heterocycles. The maximum atomic E-state index is 12.1. The van der Waals surface area contributed by atoms with Crippen LogP contribution in [0.25, 0.3) is 0 Å². The summed E-state index contributed by atoms with van der Waals surface area (Å²) in [5.41, 5.74) is 6.89. The summed E-state index contributed by atoms with van der Waals surface area (Å²) in [4.78, 5) is -0.310. The SMILES string of the molecule is Cc1cc(N)c(S(=O)(=O)NCC(O)C(F)(F)F)cc1C. The summed E-state index contributed by atoms with van der Waals surface area (Å²) in [5, 5.41) is 8.78. The maximum Gasteiger partial charge on any atom is 0.415 e. The first-order valence-electron chi connectivity index (χ1n) is 5.56. The molecule has 0 amide bonds. The van der Waals surface area contributed by atoms with Crippen molar-refractivity contribution in [2.24, 2.45) is 0 Å². The Hall–Kier alpha value is -1.32. The smallest absolute Gasteiger partial charge is 0.398 e. The number of hydrogen-bond acceptors (Lipinski definition) is 4. The molecule has 0 radical (unpaired) electrons. The summed E-state index contributed by atoms with van der Waals surface area (Å²) in [7, 11) is -4.22. The number of nitrogens with one attached hydrogen (secondary N) is 1. The van der Waals surface area contributed by atoms with Crippen molar-refractivity contribution in [1.29, 1.82) is 0 Å². The van der Waals surface area contributed by atoms with Gasteiger partial charge in [-0.2, -0.15) is 13.2 Å². The molecule has 9 heteroatoms. The van der Waals surface area contributed by atoms with Gasteiger partial charge in [-0.3, -0.25) is 0 Å². The van der Waals surface area contributed by atoms with Gasteiger partial charge in [0, 0.05) is 6.54 Å². The van der Waals surface area contributed by atoms with Crippen molar-refractivity contribution >= 4 is 15.7 Å². The van der Waals surface area contributed by atoms with Gasteiger partial charge in [0.25, 0.3) is 0 Å².